The number of amides is 1. The summed E-state index contributed by atoms with van der Waals surface area (Å²) in [5, 5.41) is 0. The highest BCUT2D eigenvalue weighted by molar-refractivity contribution is 7.13. The van der Waals surface area contributed by atoms with Crippen LogP contribution in [0.2, 0.25) is 0 Å². The molecule has 1 fully saturated rings. The van der Waals surface area contributed by atoms with Crippen LogP contribution in [0, 0.1) is 6.92 Å². The molecule has 2 heterocycles. The first-order chi connectivity index (χ1) is 9.20. The maximum atomic E-state index is 12.5. The first-order valence-electron chi connectivity index (χ1n) is 7.18. The summed E-state index contributed by atoms with van der Waals surface area (Å²) in [5.74, 6) is 0.161. The lowest BCUT2D eigenvalue weighted by atomic mass is 10.1. The predicted octanol–water partition coefficient (Wildman–Crippen LogP) is 3.48. The van der Waals surface area contributed by atoms with Crippen LogP contribution in [-0.2, 0) is 4.74 Å². The van der Waals surface area contributed by atoms with E-state index in [9.17, 15) is 4.79 Å². The van der Waals surface area contributed by atoms with E-state index in [2.05, 4.69) is 6.92 Å². The Morgan fingerprint density at radius 2 is 2.32 bits per heavy atom. The summed E-state index contributed by atoms with van der Waals surface area (Å²) < 4.78 is 5.76. The van der Waals surface area contributed by atoms with Crippen molar-refractivity contribution >= 4 is 17.2 Å². The van der Waals surface area contributed by atoms with E-state index >= 15 is 0 Å². The summed E-state index contributed by atoms with van der Waals surface area (Å²) >= 11 is 1.58. The highest BCUT2D eigenvalue weighted by Crippen LogP contribution is 2.19. The first kappa shape index (κ1) is 14.5. The third-order valence-electron chi connectivity index (χ3n) is 3.43. The second-order valence-corrected chi connectivity index (χ2v) is 6.44. The van der Waals surface area contributed by atoms with Crippen molar-refractivity contribution in [2.24, 2.45) is 0 Å². The Morgan fingerprint density at radius 1 is 1.47 bits per heavy atom. The molecule has 1 amide bonds. The van der Waals surface area contributed by atoms with Gasteiger partial charge in [-0.15, -0.1) is 11.3 Å². The number of thiophene rings is 1. The number of carbonyl (C=O) groups is 1. The molecule has 0 N–H and O–H groups in total. The molecule has 0 aliphatic carbocycles. The van der Waals surface area contributed by atoms with Crippen molar-refractivity contribution in [3.05, 3.63) is 21.9 Å². The van der Waals surface area contributed by atoms with E-state index in [-0.39, 0.29) is 12.0 Å². The van der Waals surface area contributed by atoms with Gasteiger partial charge in [0.05, 0.1) is 11.0 Å². The van der Waals surface area contributed by atoms with Crippen LogP contribution in [0.25, 0.3) is 0 Å². The topological polar surface area (TPSA) is 29.5 Å². The summed E-state index contributed by atoms with van der Waals surface area (Å²) in [6.45, 7) is 6.55. The van der Waals surface area contributed by atoms with Gasteiger partial charge in [0.2, 0.25) is 0 Å². The van der Waals surface area contributed by atoms with Gasteiger partial charge < -0.3 is 9.64 Å². The number of ether oxygens (including phenoxy) is 1. The molecule has 1 aromatic rings. The van der Waals surface area contributed by atoms with E-state index in [1.54, 1.807) is 11.3 Å². The van der Waals surface area contributed by atoms with Crippen LogP contribution in [0.15, 0.2) is 12.1 Å². The number of nitrogens with zero attached hydrogens (tertiary/aromatic N) is 1. The minimum absolute atomic E-state index is 0.161. The van der Waals surface area contributed by atoms with Crippen molar-refractivity contribution in [1.29, 1.82) is 0 Å². The minimum Gasteiger partial charge on any atom is -0.376 e. The largest absolute Gasteiger partial charge is 0.376 e. The first-order valence-corrected chi connectivity index (χ1v) is 7.99. The average molecular weight is 281 g/mol. The molecule has 1 aliphatic rings. The van der Waals surface area contributed by atoms with E-state index in [1.807, 2.05) is 24.0 Å². The molecule has 1 aromatic heterocycles. The molecule has 2 rings (SSSR count). The van der Waals surface area contributed by atoms with Crippen LogP contribution in [-0.4, -0.2) is 36.6 Å². The highest BCUT2D eigenvalue weighted by atomic mass is 32.1. The fourth-order valence-corrected chi connectivity index (χ4v) is 3.28. The average Bonchev–Trinajstić information content (AvgIpc) is 2.85. The zero-order chi connectivity index (χ0) is 13.7. The number of rotatable bonds is 5. The smallest absolute Gasteiger partial charge is 0.264 e. The highest BCUT2D eigenvalue weighted by Gasteiger charge is 2.22. The molecule has 0 aromatic carbocycles. The van der Waals surface area contributed by atoms with Crippen LogP contribution >= 0.6 is 11.3 Å². The maximum Gasteiger partial charge on any atom is 0.264 e. The van der Waals surface area contributed by atoms with Crippen molar-refractivity contribution in [2.45, 2.75) is 45.6 Å². The predicted molar refractivity (Wildman–Crippen MR) is 78.8 cm³/mol. The molecule has 0 radical (unpaired) electrons. The van der Waals surface area contributed by atoms with Gasteiger partial charge in [0.1, 0.15) is 0 Å². The Kier molecular flexibility index (Phi) is 5.40. The van der Waals surface area contributed by atoms with E-state index in [1.165, 1.54) is 11.3 Å². The summed E-state index contributed by atoms with van der Waals surface area (Å²) in [5.41, 5.74) is 0. The van der Waals surface area contributed by atoms with Gasteiger partial charge in [-0.1, -0.05) is 6.92 Å². The second kappa shape index (κ2) is 7.06. The fourth-order valence-electron chi connectivity index (χ4n) is 2.45. The number of carbonyl (C=O) groups excluding carboxylic acids is 1. The van der Waals surface area contributed by atoms with Gasteiger partial charge in [0.25, 0.3) is 5.91 Å². The van der Waals surface area contributed by atoms with Gasteiger partial charge in [-0.05, 0) is 44.7 Å². The lowest BCUT2D eigenvalue weighted by Crippen LogP contribution is -2.39. The van der Waals surface area contributed by atoms with Crippen LogP contribution < -0.4 is 0 Å². The molecule has 1 unspecified atom stereocenters. The van der Waals surface area contributed by atoms with Gasteiger partial charge in [0, 0.05) is 24.6 Å². The SMILES string of the molecule is CCCN(CC1CCCCO1)C(=O)c1ccc(C)s1. The lowest BCUT2D eigenvalue weighted by Gasteiger charge is -2.29. The van der Waals surface area contributed by atoms with Crippen LogP contribution in [0.5, 0.6) is 0 Å². The summed E-state index contributed by atoms with van der Waals surface area (Å²) in [6.07, 6.45) is 4.67. The molecule has 0 bridgehead atoms. The van der Waals surface area contributed by atoms with Crippen molar-refractivity contribution in [3.63, 3.8) is 0 Å². The maximum absolute atomic E-state index is 12.5. The van der Waals surface area contributed by atoms with Crippen LogP contribution in [0.4, 0.5) is 0 Å². The molecule has 0 saturated carbocycles. The molecule has 4 heteroatoms. The van der Waals surface area contributed by atoms with E-state index in [0.29, 0.717) is 0 Å². The Bertz CT molecular complexity index is 410. The Morgan fingerprint density at radius 3 is 2.89 bits per heavy atom. The van der Waals surface area contributed by atoms with Crippen LogP contribution in [0.1, 0.15) is 47.2 Å². The summed E-state index contributed by atoms with van der Waals surface area (Å²) in [4.78, 5) is 16.5. The molecule has 19 heavy (non-hydrogen) atoms. The van der Waals surface area contributed by atoms with Crippen molar-refractivity contribution in [3.8, 4) is 0 Å². The Labute approximate surface area is 119 Å². The van der Waals surface area contributed by atoms with Crippen molar-refractivity contribution < 1.29 is 9.53 Å². The number of aryl methyl sites for hydroxylation is 1. The third-order valence-corrected chi connectivity index (χ3v) is 4.42. The van der Waals surface area contributed by atoms with Gasteiger partial charge in [-0.25, -0.2) is 0 Å². The fraction of sp³-hybridized carbons (Fsp3) is 0.667. The Hall–Kier alpha value is -0.870. The van der Waals surface area contributed by atoms with E-state index < -0.39 is 0 Å². The zero-order valence-corrected chi connectivity index (χ0v) is 12.7. The van der Waals surface area contributed by atoms with E-state index in [0.717, 1.165) is 43.8 Å². The van der Waals surface area contributed by atoms with Crippen molar-refractivity contribution in [1.82, 2.24) is 4.90 Å². The normalized spacial score (nSPS) is 19.4. The van der Waals surface area contributed by atoms with Crippen molar-refractivity contribution in [2.75, 3.05) is 19.7 Å². The van der Waals surface area contributed by atoms with Crippen LogP contribution in [0.3, 0.4) is 0 Å². The van der Waals surface area contributed by atoms with Gasteiger partial charge in [0.15, 0.2) is 0 Å². The van der Waals surface area contributed by atoms with Gasteiger partial charge in [-0.3, -0.25) is 4.79 Å². The molecular weight excluding hydrogens is 258 g/mol. The van der Waals surface area contributed by atoms with Gasteiger partial charge >= 0.3 is 0 Å². The molecular formula is C15H23NO2S. The quantitative estimate of drug-likeness (QED) is 0.827. The monoisotopic (exact) mass is 281 g/mol. The standard InChI is InChI=1S/C15H23NO2S/c1-3-9-16(11-13-6-4-5-10-18-13)15(17)14-8-7-12(2)19-14/h7-8,13H,3-6,9-11H2,1-2H3. The summed E-state index contributed by atoms with van der Waals surface area (Å²) in [6, 6.07) is 3.95. The molecule has 0 spiro atoms. The third kappa shape index (κ3) is 4.05. The molecule has 106 valence electrons. The van der Waals surface area contributed by atoms with Gasteiger partial charge in [-0.2, -0.15) is 0 Å². The molecule has 1 atom stereocenters. The number of hydrogen-bond donors (Lipinski definition) is 0. The second-order valence-electron chi connectivity index (χ2n) is 5.15. The zero-order valence-electron chi connectivity index (χ0n) is 11.9. The number of hydrogen-bond acceptors (Lipinski definition) is 3. The Balaban J connectivity index is 1.99. The molecule has 3 nitrogen and oxygen atoms in total. The lowest BCUT2D eigenvalue weighted by molar-refractivity contribution is -0.00373. The minimum atomic E-state index is 0.161. The summed E-state index contributed by atoms with van der Waals surface area (Å²) in [7, 11) is 0. The molecule has 1 aliphatic heterocycles. The molecule has 1 saturated heterocycles. The van der Waals surface area contributed by atoms with E-state index in [4.69, 9.17) is 4.74 Å².